The van der Waals surface area contributed by atoms with Crippen LogP contribution in [-0.4, -0.2) is 6.54 Å². The lowest BCUT2D eigenvalue weighted by molar-refractivity contribution is 0.354. The second kappa shape index (κ2) is 5.83. The SMILES string of the molecule is CCNC(c1cc(C)ccc1F)C1CCC(C)C1. The van der Waals surface area contributed by atoms with E-state index in [0.717, 1.165) is 23.6 Å². The van der Waals surface area contributed by atoms with Crippen LogP contribution < -0.4 is 5.32 Å². The number of aryl methyl sites for hydroxylation is 1. The quantitative estimate of drug-likeness (QED) is 0.842. The van der Waals surface area contributed by atoms with Crippen molar-refractivity contribution in [2.75, 3.05) is 6.54 Å². The Hall–Kier alpha value is -0.890. The average Bonchev–Trinajstić information content (AvgIpc) is 2.76. The predicted molar refractivity (Wildman–Crippen MR) is 74.1 cm³/mol. The topological polar surface area (TPSA) is 12.0 Å². The van der Waals surface area contributed by atoms with Gasteiger partial charge < -0.3 is 5.32 Å². The van der Waals surface area contributed by atoms with Crippen LogP contribution >= 0.6 is 0 Å². The maximum absolute atomic E-state index is 14.1. The van der Waals surface area contributed by atoms with Crippen LogP contribution in [0.4, 0.5) is 4.39 Å². The van der Waals surface area contributed by atoms with Gasteiger partial charge in [0.1, 0.15) is 5.82 Å². The zero-order chi connectivity index (χ0) is 13.1. The number of rotatable bonds is 4. The molecule has 1 fully saturated rings. The van der Waals surface area contributed by atoms with Crippen LogP contribution in [0.1, 0.15) is 50.3 Å². The monoisotopic (exact) mass is 249 g/mol. The highest BCUT2D eigenvalue weighted by atomic mass is 19.1. The molecule has 100 valence electrons. The van der Waals surface area contributed by atoms with Gasteiger partial charge in [0.25, 0.3) is 0 Å². The molecule has 1 N–H and O–H groups in total. The third-order valence-corrected chi connectivity index (χ3v) is 4.12. The summed E-state index contributed by atoms with van der Waals surface area (Å²) in [5.74, 6) is 1.30. The summed E-state index contributed by atoms with van der Waals surface area (Å²) in [7, 11) is 0. The molecule has 1 aliphatic carbocycles. The molecular weight excluding hydrogens is 225 g/mol. The van der Waals surface area contributed by atoms with Crippen LogP contribution in [0.2, 0.25) is 0 Å². The lowest BCUT2D eigenvalue weighted by Crippen LogP contribution is -2.28. The average molecular weight is 249 g/mol. The van der Waals surface area contributed by atoms with Crippen molar-refractivity contribution in [1.82, 2.24) is 5.32 Å². The van der Waals surface area contributed by atoms with E-state index < -0.39 is 0 Å². The zero-order valence-electron chi connectivity index (χ0n) is 11.7. The molecule has 1 aromatic carbocycles. The van der Waals surface area contributed by atoms with Gasteiger partial charge in [-0.25, -0.2) is 4.39 Å². The van der Waals surface area contributed by atoms with Gasteiger partial charge in [-0.1, -0.05) is 38.0 Å². The Morgan fingerprint density at radius 2 is 2.17 bits per heavy atom. The van der Waals surface area contributed by atoms with Gasteiger partial charge in [-0.15, -0.1) is 0 Å². The molecule has 3 unspecified atom stereocenters. The maximum atomic E-state index is 14.1. The van der Waals surface area contributed by atoms with Crippen molar-refractivity contribution in [2.24, 2.45) is 11.8 Å². The largest absolute Gasteiger partial charge is 0.310 e. The van der Waals surface area contributed by atoms with E-state index >= 15 is 0 Å². The molecule has 1 aliphatic rings. The Labute approximate surface area is 110 Å². The fourth-order valence-electron chi connectivity index (χ4n) is 3.21. The van der Waals surface area contributed by atoms with E-state index in [1.165, 1.54) is 19.3 Å². The van der Waals surface area contributed by atoms with Crippen molar-refractivity contribution < 1.29 is 4.39 Å². The summed E-state index contributed by atoms with van der Waals surface area (Å²) in [6.07, 6.45) is 3.71. The number of benzene rings is 1. The minimum absolute atomic E-state index is 0.0638. The van der Waals surface area contributed by atoms with E-state index in [1.807, 2.05) is 19.1 Å². The molecule has 2 heteroatoms. The summed E-state index contributed by atoms with van der Waals surface area (Å²) < 4.78 is 14.1. The lowest BCUT2D eigenvalue weighted by atomic mass is 9.90. The highest BCUT2D eigenvalue weighted by molar-refractivity contribution is 5.27. The van der Waals surface area contributed by atoms with Gasteiger partial charge in [-0.3, -0.25) is 0 Å². The molecule has 18 heavy (non-hydrogen) atoms. The van der Waals surface area contributed by atoms with E-state index in [0.29, 0.717) is 5.92 Å². The molecule has 0 amide bonds. The second-order valence-electron chi connectivity index (χ2n) is 5.74. The minimum Gasteiger partial charge on any atom is -0.310 e. The lowest BCUT2D eigenvalue weighted by Gasteiger charge is -2.25. The first-order chi connectivity index (χ1) is 8.61. The van der Waals surface area contributed by atoms with E-state index in [1.54, 1.807) is 6.07 Å². The highest BCUT2D eigenvalue weighted by Gasteiger charge is 2.30. The summed E-state index contributed by atoms with van der Waals surface area (Å²) in [6.45, 7) is 7.32. The summed E-state index contributed by atoms with van der Waals surface area (Å²) in [5.41, 5.74) is 2.00. The highest BCUT2D eigenvalue weighted by Crippen LogP contribution is 2.39. The van der Waals surface area contributed by atoms with E-state index in [2.05, 4.69) is 19.2 Å². The van der Waals surface area contributed by atoms with Gasteiger partial charge in [0.2, 0.25) is 0 Å². The molecule has 0 bridgehead atoms. The second-order valence-corrected chi connectivity index (χ2v) is 5.74. The third-order valence-electron chi connectivity index (χ3n) is 4.12. The first-order valence-corrected chi connectivity index (χ1v) is 7.11. The van der Waals surface area contributed by atoms with Gasteiger partial charge in [-0.05, 0) is 44.2 Å². The standard InChI is InChI=1S/C16H24FN/c1-4-18-16(13-7-5-11(2)9-13)14-10-12(3)6-8-15(14)17/h6,8,10-11,13,16,18H,4-5,7,9H2,1-3H3. The van der Waals surface area contributed by atoms with Crippen molar-refractivity contribution >= 4 is 0 Å². The molecule has 0 saturated heterocycles. The minimum atomic E-state index is -0.0638. The first kappa shape index (κ1) is 13.5. The van der Waals surface area contributed by atoms with Crippen LogP contribution in [-0.2, 0) is 0 Å². The Kier molecular flexibility index (Phi) is 4.39. The number of hydrogen-bond donors (Lipinski definition) is 1. The van der Waals surface area contributed by atoms with Crippen molar-refractivity contribution in [3.63, 3.8) is 0 Å². The number of hydrogen-bond acceptors (Lipinski definition) is 1. The summed E-state index contributed by atoms with van der Waals surface area (Å²) in [6, 6.07) is 5.64. The van der Waals surface area contributed by atoms with Crippen LogP contribution in [0.5, 0.6) is 0 Å². The molecule has 0 aromatic heterocycles. The molecule has 0 radical (unpaired) electrons. The van der Waals surface area contributed by atoms with Crippen LogP contribution in [0, 0.1) is 24.6 Å². The van der Waals surface area contributed by atoms with Crippen LogP contribution in [0.15, 0.2) is 18.2 Å². The fraction of sp³-hybridized carbons (Fsp3) is 0.625. The van der Waals surface area contributed by atoms with Gasteiger partial charge in [-0.2, -0.15) is 0 Å². The van der Waals surface area contributed by atoms with E-state index in [9.17, 15) is 4.39 Å². The van der Waals surface area contributed by atoms with Crippen molar-refractivity contribution in [3.05, 3.63) is 35.1 Å². The van der Waals surface area contributed by atoms with Crippen molar-refractivity contribution in [3.8, 4) is 0 Å². The first-order valence-electron chi connectivity index (χ1n) is 7.11. The van der Waals surface area contributed by atoms with Gasteiger partial charge >= 0.3 is 0 Å². The molecule has 1 saturated carbocycles. The molecular formula is C16H24FN. The predicted octanol–water partition coefficient (Wildman–Crippen LogP) is 4.22. The molecule has 0 spiro atoms. The maximum Gasteiger partial charge on any atom is 0.128 e. The van der Waals surface area contributed by atoms with Crippen molar-refractivity contribution in [1.29, 1.82) is 0 Å². The third kappa shape index (κ3) is 2.92. The summed E-state index contributed by atoms with van der Waals surface area (Å²) >= 11 is 0. The van der Waals surface area contributed by atoms with Crippen LogP contribution in [0.25, 0.3) is 0 Å². The smallest absolute Gasteiger partial charge is 0.128 e. The number of nitrogens with one attached hydrogen (secondary N) is 1. The summed E-state index contributed by atoms with van der Waals surface area (Å²) in [5, 5.41) is 3.49. The number of halogens is 1. The molecule has 1 nitrogen and oxygen atoms in total. The molecule has 2 rings (SSSR count). The Bertz CT molecular complexity index is 402. The normalized spacial score (nSPS) is 25.3. The van der Waals surface area contributed by atoms with Crippen LogP contribution in [0.3, 0.4) is 0 Å². The Balaban J connectivity index is 2.26. The van der Waals surface area contributed by atoms with E-state index in [4.69, 9.17) is 0 Å². The van der Waals surface area contributed by atoms with Gasteiger partial charge in [0.05, 0.1) is 0 Å². The summed E-state index contributed by atoms with van der Waals surface area (Å²) in [4.78, 5) is 0. The fourth-order valence-corrected chi connectivity index (χ4v) is 3.21. The molecule has 0 aliphatic heterocycles. The van der Waals surface area contributed by atoms with Gasteiger partial charge in [0.15, 0.2) is 0 Å². The molecule has 1 aromatic rings. The van der Waals surface area contributed by atoms with Crippen molar-refractivity contribution in [2.45, 2.75) is 46.1 Å². The van der Waals surface area contributed by atoms with E-state index in [-0.39, 0.29) is 11.9 Å². The zero-order valence-corrected chi connectivity index (χ0v) is 11.7. The Morgan fingerprint density at radius 3 is 2.78 bits per heavy atom. The molecule has 0 heterocycles. The van der Waals surface area contributed by atoms with Gasteiger partial charge in [0, 0.05) is 11.6 Å². The molecule has 3 atom stereocenters. The Morgan fingerprint density at radius 1 is 1.39 bits per heavy atom.